The summed E-state index contributed by atoms with van der Waals surface area (Å²) < 4.78 is 44.1. The predicted octanol–water partition coefficient (Wildman–Crippen LogP) is 7.84. The van der Waals surface area contributed by atoms with Crippen LogP contribution in [-0.4, -0.2) is 0 Å². The summed E-state index contributed by atoms with van der Waals surface area (Å²) >= 11 is 5.71. The van der Waals surface area contributed by atoms with Crippen LogP contribution >= 0.6 is 11.6 Å². The molecule has 0 spiro atoms. The lowest BCUT2D eigenvalue weighted by atomic mass is 9.64. The van der Waals surface area contributed by atoms with E-state index < -0.39 is 17.5 Å². The van der Waals surface area contributed by atoms with Crippen LogP contribution in [0.1, 0.15) is 55.6 Å². The molecule has 4 rings (SSSR count). The largest absolute Gasteiger partial charge is 0.206 e. The first kappa shape index (κ1) is 19.6. The highest BCUT2D eigenvalue weighted by atomic mass is 35.5. The molecule has 0 bridgehead atoms. The van der Waals surface area contributed by atoms with E-state index in [0.29, 0.717) is 23.8 Å². The Morgan fingerprint density at radius 2 is 1.89 bits per heavy atom. The van der Waals surface area contributed by atoms with Gasteiger partial charge in [0.05, 0.1) is 10.6 Å². The lowest BCUT2D eigenvalue weighted by Gasteiger charge is -2.41. The molecule has 0 aliphatic heterocycles. The minimum atomic E-state index is -0.673. The van der Waals surface area contributed by atoms with Crippen LogP contribution in [0.4, 0.5) is 13.2 Å². The van der Waals surface area contributed by atoms with Gasteiger partial charge in [0.25, 0.3) is 0 Å². The van der Waals surface area contributed by atoms with E-state index in [1.54, 1.807) is 0 Å². The van der Waals surface area contributed by atoms with Crippen molar-refractivity contribution < 1.29 is 13.2 Å². The number of allylic oxidation sites excluding steroid dienone is 1. The van der Waals surface area contributed by atoms with Gasteiger partial charge in [0.15, 0.2) is 0 Å². The van der Waals surface area contributed by atoms with Gasteiger partial charge in [0, 0.05) is 0 Å². The van der Waals surface area contributed by atoms with E-state index in [1.807, 2.05) is 6.08 Å². The molecule has 2 aliphatic carbocycles. The van der Waals surface area contributed by atoms with E-state index in [2.05, 4.69) is 6.58 Å². The minimum Gasteiger partial charge on any atom is -0.206 e. The number of hydrogen-bond donors (Lipinski definition) is 0. The Morgan fingerprint density at radius 3 is 2.64 bits per heavy atom. The van der Waals surface area contributed by atoms with Crippen LogP contribution in [0, 0.1) is 29.3 Å². The Hall–Kier alpha value is -1.74. The van der Waals surface area contributed by atoms with Gasteiger partial charge in [-0.1, -0.05) is 23.7 Å². The molecule has 4 heteroatoms. The van der Waals surface area contributed by atoms with Gasteiger partial charge in [-0.15, -0.1) is 6.58 Å². The maximum atomic E-state index is 15.3. The number of fused-ring (bicyclic) bond motifs is 3. The normalized spacial score (nSPS) is 23.8. The third kappa shape index (κ3) is 3.50. The maximum absolute atomic E-state index is 15.3. The summed E-state index contributed by atoms with van der Waals surface area (Å²) in [6, 6.07) is 5.41. The quantitative estimate of drug-likeness (QED) is 0.455. The van der Waals surface area contributed by atoms with Gasteiger partial charge in [-0.05, 0) is 97.6 Å². The molecule has 0 N–H and O–H groups in total. The fourth-order valence-corrected chi connectivity index (χ4v) is 5.33. The zero-order chi connectivity index (χ0) is 19.8. The SMILES string of the molecule is C=CCC[C@@H]1CC[C@@H]2c3cc(F)c(-c4ccc(Cl)c(F)c4)c(F)c3CC[C@@H]2C1. The summed E-state index contributed by atoms with van der Waals surface area (Å²) in [6.45, 7) is 3.80. The van der Waals surface area contributed by atoms with Gasteiger partial charge < -0.3 is 0 Å². The molecule has 1 fully saturated rings. The van der Waals surface area contributed by atoms with Gasteiger partial charge in [-0.2, -0.15) is 0 Å². The molecular formula is C24H24ClF3. The summed E-state index contributed by atoms with van der Waals surface area (Å²) in [5.41, 5.74) is 1.48. The zero-order valence-corrected chi connectivity index (χ0v) is 16.5. The molecule has 28 heavy (non-hydrogen) atoms. The van der Waals surface area contributed by atoms with Gasteiger partial charge in [-0.25, -0.2) is 13.2 Å². The van der Waals surface area contributed by atoms with Crippen molar-refractivity contribution in [1.82, 2.24) is 0 Å². The lowest BCUT2D eigenvalue weighted by Crippen LogP contribution is -2.29. The average molecular weight is 405 g/mol. The number of benzene rings is 2. The molecule has 0 unspecified atom stereocenters. The smallest absolute Gasteiger partial charge is 0.142 e. The monoisotopic (exact) mass is 404 g/mol. The first-order chi connectivity index (χ1) is 13.5. The third-order valence-corrected chi connectivity index (χ3v) is 6.90. The molecule has 0 aromatic heterocycles. The van der Waals surface area contributed by atoms with Crippen LogP contribution < -0.4 is 0 Å². The second kappa shape index (κ2) is 7.94. The fourth-order valence-electron chi connectivity index (χ4n) is 5.21. The summed E-state index contributed by atoms with van der Waals surface area (Å²) in [4.78, 5) is 0. The topological polar surface area (TPSA) is 0 Å². The molecule has 0 saturated heterocycles. The summed E-state index contributed by atoms with van der Waals surface area (Å²) in [6.07, 6.45) is 8.90. The first-order valence-corrected chi connectivity index (χ1v) is 10.4. The highest BCUT2D eigenvalue weighted by Crippen LogP contribution is 2.49. The van der Waals surface area contributed by atoms with Crippen LogP contribution in [0.5, 0.6) is 0 Å². The van der Waals surface area contributed by atoms with Crippen molar-refractivity contribution in [2.75, 3.05) is 0 Å². The van der Waals surface area contributed by atoms with Gasteiger partial charge in [-0.3, -0.25) is 0 Å². The second-order valence-corrected chi connectivity index (χ2v) is 8.60. The molecule has 2 aromatic rings. The number of halogens is 4. The Labute approximate surface area is 169 Å². The predicted molar refractivity (Wildman–Crippen MR) is 108 cm³/mol. The summed E-state index contributed by atoms with van der Waals surface area (Å²) in [7, 11) is 0. The van der Waals surface area contributed by atoms with E-state index in [0.717, 1.165) is 50.2 Å². The van der Waals surface area contributed by atoms with Crippen LogP contribution in [0.3, 0.4) is 0 Å². The highest BCUT2D eigenvalue weighted by Gasteiger charge is 2.37. The molecule has 3 atom stereocenters. The summed E-state index contributed by atoms with van der Waals surface area (Å²) in [5.74, 6) is -0.422. The van der Waals surface area contributed by atoms with Crippen LogP contribution in [0.15, 0.2) is 36.9 Å². The maximum Gasteiger partial charge on any atom is 0.142 e. The van der Waals surface area contributed by atoms with Crippen LogP contribution in [0.25, 0.3) is 11.1 Å². The lowest BCUT2D eigenvalue weighted by molar-refractivity contribution is 0.201. The van der Waals surface area contributed by atoms with Crippen molar-refractivity contribution in [3.8, 4) is 11.1 Å². The van der Waals surface area contributed by atoms with Gasteiger partial charge >= 0.3 is 0 Å². The molecule has 0 heterocycles. The molecule has 0 radical (unpaired) electrons. The van der Waals surface area contributed by atoms with E-state index in [1.165, 1.54) is 18.2 Å². The fraction of sp³-hybridized carbons (Fsp3) is 0.417. The molecular weight excluding hydrogens is 381 g/mol. The summed E-state index contributed by atoms with van der Waals surface area (Å²) in [5, 5.41) is -0.0569. The Morgan fingerprint density at radius 1 is 1.07 bits per heavy atom. The van der Waals surface area contributed by atoms with E-state index in [4.69, 9.17) is 11.6 Å². The Kier molecular flexibility index (Phi) is 5.55. The van der Waals surface area contributed by atoms with Gasteiger partial charge in [0.1, 0.15) is 17.5 Å². The van der Waals surface area contributed by atoms with Crippen molar-refractivity contribution in [2.24, 2.45) is 11.8 Å². The van der Waals surface area contributed by atoms with Crippen molar-refractivity contribution >= 4 is 11.6 Å². The van der Waals surface area contributed by atoms with Gasteiger partial charge in [0.2, 0.25) is 0 Å². The highest BCUT2D eigenvalue weighted by molar-refractivity contribution is 6.30. The van der Waals surface area contributed by atoms with Crippen molar-refractivity contribution in [3.63, 3.8) is 0 Å². The van der Waals surface area contributed by atoms with Crippen LogP contribution in [0.2, 0.25) is 5.02 Å². The first-order valence-electron chi connectivity index (χ1n) is 10.1. The minimum absolute atomic E-state index is 0.0569. The van der Waals surface area contributed by atoms with E-state index in [9.17, 15) is 8.78 Å². The Bertz CT molecular complexity index is 905. The number of hydrogen-bond acceptors (Lipinski definition) is 0. The number of rotatable bonds is 4. The molecule has 2 aliphatic rings. The third-order valence-electron chi connectivity index (χ3n) is 6.60. The molecule has 1 saturated carbocycles. The molecule has 0 amide bonds. The molecule has 2 aromatic carbocycles. The van der Waals surface area contributed by atoms with E-state index in [-0.39, 0.29) is 22.1 Å². The van der Waals surface area contributed by atoms with Crippen molar-refractivity contribution in [2.45, 2.75) is 50.9 Å². The van der Waals surface area contributed by atoms with Crippen molar-refractivity contribution in [3.05, 3.63) is 70.5 Å². The van der Waals surface area contributed by atoms with Crippen LogP contribution in [-0.2, 0) is 6.42 Å². The van der Waals surface area contributed by atoms with Crippen molar-refractivity contribution in [1.29, 1.82) is 0 Å². The van der Waals surface area contributed by atoms with E-state index >= 15 is 4.39 Å². The second-order valence-electron chi connectivity index (χ2n) is 8.19. The zero-order valence-electron chi connectivity index (χ0n) is 15.8. The Balaban J connectivity index is 1.67. The molecule has 148 valence electrons. The molecule has 0 nitrogen and oxygen atoms in total. The standard InChI is InChI=1S/C24H24ClF3/c1-2-3-4-14-5-8-17-15(11-14)6-9-18-19(17)13-22(27)23(24(18)28)16-7-10-20(25)21(26)12-16/h2,7,10,12-15,17H,1,3-6,8-9,11H2/t14-,15-,17+/m1/s1. The average Bonchev–Trinajstić information content (AvgIpc) is 2.68.